The predicted molar refractivity (Wildman–Crippen MR) is 122 cm³/mol. The Morgan fingerprint density at radius 1 is 0.963 bits per heavy atom. The molecule has 4 nitrogen and oxygen atoms in total. The Bertz CT molecular complexity index is 394. The highest BCUT2D eigenvalue weighted by molar-refractivity contribution is 9.09. The molecule has 0 spiro atoms. The standard InChI is InChI=1S/C21H44BrNO3Si/c1-10-11-12-13-19(25-15-21(24)23(8)9)20(14-22)26-27(16(2)3,17(4)5)18(6)7/h16-20H,10-15H2,1-9H3. The number of nitrogens with zero attached hydrogens (tertiary/aromatic N) is 1. The SMILES string of the molecule is CCCCCC(OCC(=O)N(C)C)C(CBr)O[Si](C(C)C)(C(C)C)C(C)C. The van der Waals surface area contributed by atoms with Gasteiger partial charge in [0.2, 0.25) is 14.2 Å². The molecule has 0 heterocycles. The zero-order valence-corrected chi connectivity index (χ0v) is 21.8. The number of unbranched alkanes of at least 4 members (excludes halogenated alkanes) is 2. The third-order valence-corrected chi connectivity index (χ3v) is 12.4. The van der Waals surface area contributed by atoms with E-state index in [1.807, 2.05) is 0 Å². The van der Waals surface area contributed by atoms with Crippen LogP contribution in [0.15, 0.2) is 0 Å². The molecule has 1 amide bonds. The van der Waals surface area contributed by atoms with Gasteiger partial charge in [-0.25, -0.2) is 0 Å². The average Bonchev–Trinajstić information content (AvgIpc) is 2.58. The van der Waals surface area contributed by atoms with Gasteiger partial charge in [-0.1, -0.05) is 83.7 Å². The van der Waals surface area contributed by atoms with E-state index in [1.54, 1.807) is 19.0 Å². The molecule has 0 N–H and O–H groups in total. The lowest BCUT2D eigenvalue weighted by atomic mass is 10.1. The van der Waals surface area contributed by atoms with E-state index in [1.165, 1.54) is 12.8 Å². The van der Waals surface area contributed by atoms with E-state index in [2.05, 4.69) is 64.4 Å². The van der Waals surface area contributed by atoms with E-state index < -0.39 is 8.32 Å². The first-order valence-corrected chi connectivity index (χ1v) is 13.9. The van der Waals surface area contributed by atoms with Crippen LogP contribution in [-0.4, -0.2) is 57.4 Å². The maximum atomic E-state index is 12.1. The maximum absolute atomic E-state index is 12.1. The van der Waals surface area contributed by atoms with Crippen LogP contribution in [0.3, 0.4) is 0 Å². The second kappa shape index (κ2) is 13.3. The summed E-state index contributed by atoms with van der Waals surface area (Å²) in [5.74, 6) is 0.00361. The number of carbonyl (C=O) groups is 1. The van der Waals surface area contributed by atoms with Gasteiger partial charge in [0.15, 0.2) is 0 Å². The van der Waals surface area contributed by atoms with E-state index in [0.29, 0.717) is 16.6 Å². The van der Waals surface area contributed by atoms with Crippen molar-refractivity contribution in [2.24, 2.45) is 0 Å². The molecule has 0 saturated carbocycles. The van der Waals surface area contributed by atoms with E-state index in [4.69, 9.17) is 9.16 Å². The molecular formula is C21H44BrNO3Si. The van der Waals surface area contributed by atoms with Crippen molar-refractivity contribution in [3.05, 3.63) is 0 Å². The summed E-state index contributed by atoms with van der Waals surface area (Å²) in [5.41, 5.74) is 1.58. The zero-order valence-electron chi connectivity index (χ0n) is 19.2. The second-order valence-electron chi connectivity index (χ2n) is 8.76. The smallest absolute Gasteiger partial charge is 0.248 e. The minimum atomic E-state index is -2.01. The van der Waals surface area contributed by atoms with Crippen molar-refractivity contribution in [2.75, 3.05) is 26.0 Å². The first-order chi connectivity index (χ1) is 12.5. The minimum absolute atomic E-state index is 0.00361. The highest BCUT2D eigenvalue weighted by atomic mass is 79.9. The van der Waals surface area contributed by atoms with E-state index in [9.17, 15) is 4.79 Å². The van der Waals surface area contributed by atoms with Gasteiger partial charge in [0.1, 0.15) is 6.61 Å². The summed E-state index contributed by atoms with van der Waals surface area (Å²) in [6.45, 7) is 16.2. The first kappa shape index (κ1) is 27.1. The van der Waals surface area contributed by atoms with E-state index >= 15 is 0 Å². The van der Waals surface area contributed by atoms with Gasteiger partial charge in [-0.3, -0.25) is 4.79 Å². The molecule has 2 atom stereocenters. The van der Waals surface area contributed by atoms with Gasteiger partial charge >= 0.3 is 0 Å². The first-order valence-electron chi connectivity index (χ1n) is 10.6. The molecule has 0 aromatic heterocycles. The van der Waals surface area contributed by atoms with Crippen LogP contribution in [0.4, 0.5) is 0 Å². The number of amides is 1. The fourth-order valence-electron chi connectivity index (χ4n) is 4.16. The molecule has 0 fully saturated rings. The fourth-order valence-corrected chi connectivity index (χ4v) is 10.5. The van der Waals surface area contributed by atoms with Gasteiger partial charge in [-0.2, -0.15) is 0 Å². The van der Waals surface area contributed by atoms with Crippen LogP contribution in [0.25, 0.3) is 0 Å². The number of rotatable bonds is 14. The predicted octanol–water partition coefficient (Wildman–Crippen LogP) is 6.00. The molecule has 27 heavy (non-hydrogen) atoms. The molecule has 0 bridgehead atoms. The Balaban J connectivity index is 5.48. The molecule has 0 aromatic carbocycles. The molecule has 0 aliphatic heterocycles. The Hall–Kier alpha value is 0.0869. The molecule has 2 unspecified atom stereocenters. The molecule has 0 aliphatic carbocycles. The van der Waals surface area contributed by atoms with Gasteiger partial charge in [-0.15, -0.1) is 0 Å². The van der Waals surface area contributed by atoms with Gasteiger partial charge in [0.05, 0.1) is 12.2 Å². The molecule has 6 heteroatoms. The molecule has 0 aliphatic rings. The fraction of sp³-hybridized carbons (Fsp3) is 0.952. The summed E-state index contributed by atoms with van der Waals surface area (Å²) in [6, 6.07) is 0. The molecule has 162 valence electrons. The van der Waals surface area contributed by atoms with Gasteiger partial charge < -0.3 is 14.1 Å². The number of alkyl halides is 1. The largest absolute Gasteiger partial charge is 0.410 e. The Kier molecular flexibility index (Phi) is 13.4. The maximum Gasteiger partial charge on any atom is 0.248 e. The normalized spacial score (nSPS) is 14.9. The third kappa shape index (κ3) is 8.15. The highest BCUT2D eigenvalue weighted by Crippen LogP contribution is 2.43. The van der Waals surface area contributed by atoms with Crippen molar-refractivity contribution in [3.63, 3.8) is 0 Å². The Morgan fingerprint density at radius 2 is 1.48 bits per heavy atom. The summed E-state index contributed by atoms with van der Waals surface area (Å²) >= 11 is 3.68. The molecule has 0 radical (unpaired) electrons. The van der Waals surface area contributed by atoms with Crippen molar-refractivity contribution >= 4 is 30.2 Å². The Labute approximate surface area is 178 Å². The Morgan fingerprint density at radius 3 is 1.85 bits per heavy atom. The molecule has 0 aromatic rings. The monoisotopic (exact) mass is 465 g/mol. The summed E-state index contributed by atoms with van der Waals surface area (Å²) in [5, 5.41) is 0.737. The van der Waals surface area contributed by atoms with Crippen LogP contribution in [0.2, 0.25) is 16.6 Å². The lowest BCUT2D eigenvalue weighted by Crippen LogP contribution is -2.53. The molecule has 0 rings (SSSR count). The van der Waals surface area contributed by atoms with Crippen LogP contribution in [0.1, 0.15) is 74.1 Å². The van der Waals surface area contributed by atoms with Crippen molar-refractivity contribution in [3.8, 4) is 0 Å². The number of ether oxygens (including phenoxy) is 1. The van der Waals surface area contributed by atoms with Crippen molar-refractivity contribution in [1.29, 1.82) is 0 Å². The summed E-state index contributed by atoms with van der Waals surface area (Å²) in [6.07, 6.45) is 4.32. The van der Waals surface area contributed by atoms with Crippen LogP contribution in [0, 0.1) is 0 Å². The second-order valence-corrected chi connectivity index (χ2v) is 14.8. The average molecular weight is 467 g/mol. The number of halogens is 1. The lowest BCUT2D eigenvalue weighted by Gasteiger charge is -2.45. The lowest BCUT2D eigenvalue weighted by molar-refractivity contribution is -0.138. The molecular weight excluding hydrogens is 422 g/mol. The van der Waals surface area contributed by atoms with Crippen LogP contribution in [-0.2, 0) is 14.0 Å². The summed E-state index contributed by atoms with van der Waals surface area (Å²) in [4.78, 5) is 13.6. The summed E-state index contributed by atoms with van der Waals surface area (Å²) in [7, 11) is 1.53. The zero-order chi connectivity index (χ0) is 21.2. The van der Waals surface area contributed by atoms with Crippen LogP contribution < -0.4 is 0 Å². The van der Waals surface area contributed by atoms with Gasteiger partial charge in [-0.05, 0) is 23.0 Å². The molecule has 0 saturated heterocycles. The number of likely N-dealkylation sites (N-methyl/N-ethyl adjacent to an activating group) is 1. The van der Waals surface area contributed by atoms with Gasteiger partial charge in [0.25, 0.3) is 0 Å². The third-order valence-electron chi connectivity index (χ3n) is 5.64. The van der Waals surface area contributed by atoms with Crippen LogP contribution >= 0.6 is 15.9 Å². The van der Waals surface area contributed by atoms with Crippen molar-refractivity contribution in [1.82, 2.24) is 4.90 Å². The van der Waals surface area contributed by atoms with E-state index in [0.717, 1.165) is 18.2 Å². The van der Waals surface area contributed by atoms with Crippen LogP contribution in [0.5, 0.6) is 0 Å². The number of hydrogen-bond acceptors (Lipinski definition) is 3. The quantitative estimate of drug-likeness (QED) is 0.179. The van der Waals surface area contributed by atoms with Crippen molar-refractivity contribution < 1.29 is 14.0 Å². The van der Waals surface area contributed by atoms with Gasteiger partial charge in [0, 0.05) is 19.4 Å². The van der Waals surface area contributed by atoms with E-state index in [-0.39, 0.29) is 24.7 Å². The summed E-state index contributed by atoms with van der Waals surface area (Å²) < 4.78 is 13.1. The topological polar surface area (TPSA) is 38.8 Å². The van der Waals surface area contributed by atoms with Crippen molar-refractivity contribution in [2.45, 2.75) is 103 Å². The highest BCUT2D eigenvalue weighted by Gasteiger charge is 2.47. The number of carbonyl (C=O) groups excluding carboxylic acids is 1. The number of hydrogen-bond donors (Lipinski definition) is 0. The minimum Gasteiger partial charge on any atom is -0.410 e.